The number of nitrogens with zero attached hydrogens (tertiary/aromatic N) is 16. The monoisotopic (exact) mass is 1600 g/mol. The van der Waals surface area contributed by atoms with Crippen molar-refractivity contribution in [3.05, 3.63) is 387 Å². The normalized spacial score (nSPS) is 11.5. The number of benzene rings is 15. The number of fused-ring (bicyclic) bond motifs is 6. The molecule has 21 rings (SSSR count). The van der Waals surface area contributed by atoms with Gasteiger partial charge in [0.05, 0.1) is 62.3 Å². The van der Waals surface area contributed by atoms with E-state index in [1.165, 1.54) is 6.07 Å². The molecule has 0 atom stereocenters. The van der Waals surface area contributed by atoms with Crippen LogP contribution in [0.25, 0.3) is 214 Å². The van der Waals surface area contributed by atoms with Crippen LogP contribution in [0.5, 0.6) is 0 Å². The number of rotatable bonds is 16. The molecule has 16 nitrogen and oxygen atoms in total. The van der Waals surface area contributed by atoms with Gasteiger partial charge in [0.15, 0.2) is 69.9 Å². The standard InChI is InChI=1S/C105H61F3N16/c106-105(107,108)79-47-49-80(78(56-79)63-110)73-42-50-87(123-88-51-43-74(101-115-93(65-25-9-1-10-26-65)111-94(116-101)66-27-11-2-12-28-66)58-83(88)84-59-75(44-52-89(84)123)102-117-95(67-29-13-3-14-30-67)112-96(118-102)68-31-15-4-16-32-68)82(57-73)81-48-41-64(62-109)55-92(81)124-90-53-45-76(103-119-97(69-33-17-5-18-34-69)113-98(120-103)70-35-19-6-20-36-70)60-85(90)86-61-77(46-54-91(86)124)104-121-99(71-37-21-7-22-38-71)114-100(122-104)72-39-23-8-24-40-72/h1-61H. The maximum absolute atomic E-state index is 14.8. The fourth-order valence-corrected chi connectivity index (χ4v) is 16.1. The summed E-state index contributed by atoms with van der Waals surface area (Å²) in [5.74, 6) is 5.44. The van der Waals surface area contributed by atoms with Crippen molar-refractivity contribution in [2.45, 2.75) is 6.18 Å². The summed E-state index contributed by atoms with van der Waals surface area (Å²) in [5.41, 5.74) is 14.1. The van der Waals surface area contributed by atoms with Gasteiger partial charge >= 0.3 is 6.18 Å². The van der Waals surface area contributed by atoms with E-state index in [-0.39, 0.29) is 11.1 Å². The van der Waals surface area contributed by atoms with E-state index in [0.29, 0.717) is 137 Å². The average molecular weight is 1600 g/mol. The molecule has 124 heavy (non-hydrogen) atoms. The summed E-state index contributed by atoms with van der Waals surface area (Å²) in [4.78, 5) is 62.0. The van der Waals surface area contributed by atoms with Crippen LogP contribution in [0.15, 0.2) is 370 Å². The van der Waals surface area contributed by atoms with E-state index in [9.17, 15) is 23.7 Å². The second-order valence-electron chi connectivity index (χ2n) is 29.7. The molecule has 15 aromatic carbocycles. The second-order valence-corrected chi connectivity index (χ2v) is 29.7. The third-order valence-corrected chi connectivity index (χ3v) is 22.0. The Morgan fingerprint density at radius 2 is 0.468 bits per heavy atom. The van der Waals surface area contributed by atoms with Crippen LogP contribution in [0.2, 0.25) is 0 Å². The molecule has 6 heterocycles. The Bertz CT molecular complexity index is 7240. The lowest BCUT2D eigenvalue weighted by atomic mass is 9.92. The summed E-state index contributed by atoms with van der Waals surface area (Å²) in [7, 11) is 0. The third kappa shape index (κ3) is 14.0. The lowest BCUT2D eigenvalue weighted by molar-refractivity contribution is -0.137. The number of aromatic nitrogens is 14. The van der Waals surface area contributed by atoms with Gasteiger partial charge in [-0.2, -0.15) is 23.7 Å². The van der Waals surface area contributed by atoms with Crippen LogP contribution >= 0.6 is 0 Å². The molecule has 0 fully saturated rings. The molecule has 21 aromatic rings. The first-order chi connectivity index (χ1) is 60.9. The van der Waals surface area contributed by atoms with Gasteiger partial charge in [-0.15, -0.1) is 0 Å². The van der Waals surface area contributed by atoms with Crippen LogP contribution < -0.4 is 0 Å². The van der Waals surface area contributed by atoms with Gasteiger partial charge in [0.1, 0.15) is 0 Å². The van der Waals surface area contributed by atoms with Crippen molar-refractivity contribution in [1.29, 1.82) is 10.5 Å². The molecule has 0 bridgehead atoms. The summed E-state index contributed by atoms with van der Waals surface area (Å²) >= 11 is 0. The number of hydrogen-bond donors (Lipinski definition) is 0. The number of hydrogen-bond acceptors (Lipinski definition) is 14. The molecular formula is C105H61F3N16. The van der Waals surface area contributed by atoms with Crippen molar-refractivity contribution < 1.29 is 13.2 Å². The molecule has 0 unspecified atom stereocenters. The van der Waals surface area contributed by atoms with Gasteiger partial charge in [0.25, 0.3) is 0 Å². The minimum absolute atomic E-state index is 0.192. The number of halogens is 3. The van der Waals surface area contributed by atoms with E-state index >= 15 is 0 Å². The zero-order valence-electron chi connectivity index (χ0n) is 65.5. The molecule has 0 aliphatic rings. The lowest BCUT2D eigenvalue weighted by Crippen LogP contribution is -2.05. The molecule has 0 spiro atoms. The summed E-state index contributed by atoms with van der Waals surface area (Å²) < 4.78 is 48.7. The number of nitriles is 2. The van der Waals surface area contributed by atoms with Gasteiger partial charge in [0.2, 0.25) is 0 Å². The van der Waals surface area contributed by atoms with Gasteiger partial charge in [0, 0.05) is 99.4 Å². The lowest BCUT2D eigenvalue weighted by Gasteiger charge is -2.20. The molecule has 0 aliphatic carbocycles. The van der Waals surface area contributed by atoms with Crippen molar-refractivity contribution in [3.63, 3.8) is 0 Å². The fourth-order valence-electron chi connectivity index (χ4n) is 16.1. The van der Waals surface area contributed by atoms with Crippen LogP contribution in [-0.2, 0) is 6.18 Å². The van der Waals surface area contributed by atoms with Crippen LogP contribution in [0.4, 0.5) is 13.2 Å². The molecule has 6 aromatic heterocycles. The Morgan fingerprint density at radius 3 is 0.734 bits per heavy atom. The predicted molar refractivity (Wildman–Crippen MR) is 479 cm³/mol. The van der Waals surface area contributed by atoms with Crippen LogP contribution in [0.1, 0.15) is 16.7 Å². The Morgan fingerprint density at radius 1 is 0.210 bits per heavy atom. The van der Waals surface area contributed by atoms with E-state index in [1.54, 1.807) is 6.07 Å². The highest BCUT2D eigenvalue weighted by atomic mass is 19.4. The highest BCUT2D eigenvalue weighted by Gasteiger charge is 2.32. The first-order valence-electron chi connectivity index (χ1n) is 39.9. The minimum atomic E-state index is -4.75. The maximum Gasteiger partial charge on any atom is 0.416 e. The summed E-state index contributed by atoms with van der Waals surface area (Å²) in [6.45, 7) is 0. The van der Waals surface area contributed by atoms with Gasteiger partial charge in [-0.3, -0.25) is 0 Å². The fraction of sp³-hybridized carbons (Fsp3) is 0.00952. The molecule has 0 N–H and O–H groups in total. The van der Waals surface area contributed by atoms with Crippen LogP contribution in [0.3, 0.4) is 0 Å². The zero-order chi connectivity index (χ0) is 83.4. The molecule has 0 amide bonds. The molecule has 0 radical (unpaired) electrons. The SMILES string of the molecule is N#Cc1ccc(-c2cc(-c3ccc(C(F)(F)F)cc3C#N)ccc2-n2c3ccc(-c4nc(-c5ccccc5)nc(-c5ccccc5)n4)cc3c3cc(-c4nc(-c5ccccc5)nc(-c5ccccc5)n4)ccc32)c(-n2c3ccc(-c4nc(-c5ccccc5)nc(-c5ccccc5)n4)cc3c3cc(-c4nc(-c5ccccc5)nc(-c5ccccc5)n4)ccc32)c1. The summed E-state index contributed by atoms with van der Waals surface area (Å²) in [6, 6.07) is 122. The summed E-state index contributed by atoms with van der Waals surface area (Å²) in [5, 5.41) is 25.4. The van der Waals surface area contributed by atoms with Gasteiger partial charge in [-0.05, 0) is 120 Å². The van der Waals surface area contributed by atoms with Crippen molar-refractivity contribution in [2.75, 3.05) is 0 Å². The van der Waals surface area contributed by atoms with E-state index < -0.39 is 11.7 Å². The topological polar surface area (TPSA) is 212 Å². The Kier molecular flexibility index (Phi) is 18.7. The minimum Gasteiger partial charge on any atom is -0.309 e. The molecule has 19 heteroatoms. The highest BCUT2D eigenvalue weighted by molar-refractivity contribution is 6.14. The van der Waals surface area contributed by atoms with Crippen LogP contribution in [-0.4, -0.2) is 68.9 Å². The van der Waals surface area contributed by atoms with E-state index in [1.807, 2.05) is 322 Å². The smallest absolute Gasteiger partial charge is 0.309 e. The van der Waals surface area contributed by atoms with E-state index in [2.05, 4.69) is 45.5 Å². The first-order valence-corrected chi connectivity index (χ1v) is 39.9. The van der Waals surface area contributed by atoms with Gasteiger partial charge < -0.3 is 9.13 Å². The molecule has 0 aliphatic heterocycles. The molecule has 0 saturated carbocycles. The molecular weight excluding hydrogens is 1540 g/mol. The molecule has 582 valence electrons. The van der Waals surface area contributed by atoms with Gasteiger partial charge in [-0.1, -0.05) is 261 Å². The average Bonchev–Trinajstić information content (AvgIpc) is 1.57. The third-order valence-electron chi connectivity index (χ3n) is 22.0. The number of alkyl halides is 3. The maximum atomic E-state index is 14.8. The van der Waals surface area contributed by atoms with Crippen molar-refractivity contribution >= 4 is 43.6 Å². The summed E-state index contributed by atoms with van der Waals surface area (Å²) in [6.07, 6.45) is -4.75. The Hall–Kier alpha value is -17.3. The molecule has 0 saturated heterocycles. The second kappa shape index (κ2) is 31.2. The quantitative estimate of drug-likeness (QED) is 0.0881. The van der Waals surface area contributed by atoms with Crippen molar-refractivity contribution in [1.82, 2.24) is 68.9 Å². The predicted octanol–water partition coefficient (Wildman–Crippen LogP) is 24.7. The largest absolute Gasteiger partial charge is 0.416 e. The Balaban J connectivity index is 0.835. The zero-order valence-corrected chi connectivity index (χ0v) is 65.5. The van der Waals surface area contributed by atoms with Crippen molar-refractivity contribution in [2.24, 2.45) is 0 Å². The first kappa shape index (κ1) is 74.3. The van der Waals surface area contributed by atoms with Crippen LogP contribution in [0, 0.1) is 22.7 Å². The highest BCUT2D eigenvalue weighted by Crippen LogP contribution is 2.47. The van der Waals surface area contributed by atoms with Crippen molar-refractivity contribution in [3.8, 4) is 182 Å². The van der Waals surface area contributed by atoms with E-state index in [0.717, 1.165) is 89.2 Å². The van der Waals surface area contributed by atoms with E-state index in [4.69, 9.17) is 59.8 Å². The van der Waals surface area contributed by atoms with Gasteiger partial charge in [-0.25, -0.2) is 59.8 Å². The Labute approximate surface area is 707 Å².